The quantitative estimate of drug-likeness (QED) is 0.658. The van der Waals surface area contributed by atoms with Gasteiger partial charge in [0.25, 0.3) is 0 Å². The summed E-state index contributed by atoms with van der Waals surface area (Å²) < 4.78 is 12.3. The van der Waals surface area contributed by atoms with E-state index in [0.29, 0.717) is 0 Å². The van der Waals surface area contributed by atoms with Crippen LogP contribution in [-0.4, -0.2) is 0 Å². The predicted molar refractivity (Wildman–Crippen MR) is 57.1 cm³/mol. The van der Waals surface area contributed by atoms with Gasteiger partial charge < -0.3 is 0 Å². The Bertz CT molecular complexity index is 270. The Balaban J connectivity index is 2.07. The number of rotatable bonds is 2. The zero-order valence-corrected chi connectivity index (χ0v) is 8.51. The van der Waals surface area contributed by atoms with Crippen LogP contribution in [0.4, 0.5) is 4.39 Å². The van der Waals surface area contributed by atoms with Crippen LogP contribution in [0.15, 0.2) is 24.3 Å². The van der Waals surface area contributed by atoms with E-state index in [2.05, 4.69) is 12.1 Å². The van der Waals surface area contributed by atoms with Crippen molar-refractivity contribution in [2.24, 2.45) is 0 Å². The first-order chi connectivity index (χ1) is 6.90. The lowest BCUT2D eigenvalue weighted by atomic mass is 9.84. The van der Waals surface area contributed by atoms with Gasteiger partial charge in [0.05, 0.1) is 0 Å². The van der Waals surface area contributed by atoms with E-state index in [4.69, 9.17) is 0 Å². The van der Waals surface area contributed by atoms with Crippen molar-refractivity contribution in [1.29, 1.82) is 0 Å². The van der Waals surface area contributed by atoms with E-state index in [-0.39, 0.29) is 6.67 Å². The molecule has 0 saturated heterocycles. The maximum atomic E-state index is 12.3. The van der Waals surface area contributed by atoms with E-state index < -0.39 is 0 Å². The average molecular weight is 192 g/mol. The summed E-state index contributed by atoms with van der Waals surface area (Å²) in [5.74, 6) is 0.734. The zero-order valence-electron chi connectivity index (χ0n) is 8.51. The van der Waals surface area contributed by atoms with Crippen LogP contribution in [-0.2, 0) is 6.67 Å². The molecule has 1 heteroatoms. The van der Waals surface area contributed by atoms with Crippen LogP contribution >= 0.6 is 0 Å². The highest BCUT2D eigenvalue weighted by Crippen LogP contribution is 2.32. The summed E-state index contributed by atoms with van der Waals surface area (Å²) in [6, 6.07) is 8.05. The summed E-state index contributed by atoms with van der Waals surface area (Å²) in [5, 5.41) is 0. The SMILES string of the molecule is FCc1ccc(C2CCCCC2)cc1. The lowest BCUT2D eigenvalue weighted by molar-refractivity contribution is 0.443. The molecule has 0 radical (unpaired) electrons. The third kappa shape index (κ3) is 2.14. The summed E-state index contributed by atoms with van der Waals surface area (Å²) in [6.45, 7) is -0.342. The van der Waals surface area contributed by atoms with Crippen LogP contribution in [0.1, 0.15) is 49.1 Å². The lowest BCUT2D eigenvalue weighted by Gasteiger charge is -2.21. The highest BCUT2D eigenvalue weighted by molar-refractivity contribution is 5.25. The van der Waals surface area contributed by atoms with E-state index in [1.807, 2.05) is 12.1 Å². The van der Waals surface area contributed by atoms with E-state index in [0.717, 1.165) is 11.5 Å². The average Bonchev–Trinajstić information content (AvgIpc) is 2.30. The first-order valence-corrected chi connectivity index (χ1v) is 5.55. The molecular weight excluding hydrogens is 175 g/mol. The second kappa shape index (κ2) is 4.59. The lowest BCUT2D eigenvalue weighted by Crippen LogP contribution is -2.04. The van der Waals surface area contributed by atoms with Crippen LogP contribution in [0.5, 0.6) is 0 Å². The zero-order chi connectivity index (χ0) is 9.80. The summed E-state index contributed by atoms with van der Waals surface area (Å²) in [5.41, 5.74) is 2.20. The van der Waals surface area contributed by atoms with Gasteiger partial charge >= 0.3 is 0 Å². The Morgan fingerprint density at radius 3 is 2.21 bits per heavy atom. The second-order valence-corrected chi connectivity index (χ2v) is 4.21. The van der Waals surface area contributed by atoms with Crippen molar-refractivity contribution in [1.82, 2.24) is 0 Å². The normalized spacial score (nSPS) is 18.4. The molecule has 0 unspecified atom stereocenters. The topological polar surface area (TPSA) is 0 Å². The van der Waals surface area contributed by atoms with Crippen molar-refractivity contribution in [2.75, 3.05) is 0 Å². The minimum absolute atomic E-state index is 0.342. The van der Waals surface area contributed by atoms with Crippen molar-refractivity contribution in [3.63, 3.8) is 0 Å². The van der Waals surface area contributed by atoms with Crippen molar-refractivity contribution in [2.45, 2.75) is 44.7 Å². The molecule has 0 spiro atoms. The van der Waals surface area contributed by atoms with Crippen molar-refractivity contribution in [3.8, 4) is 0 Å². The third-order valence-corrected chi connectivity index (χ3v) is 3.21. The molecule has 2 rings (SSSR count). The summed E-state index contributed by atoms with van der Waals surface area (Å²) in [7, 11) is 0. The van der Waals surface area contributed by atoms with Gasteiger partial charge in [0.15, 0.2) is 0 Å². The van der Waals surface area contributed by atoms with Gasteiger partial charge in [-0.2, -0.15) is 0 Å². The minimum atomic E-state index is -0.342. The smallest absolute Gasteiger partial charge is 0.115 e. The molecule has 0 aromatic heterocycles. The number of benzene rings is 1. The fourth-order valence-electron chi connectivity index (χ4n) is 2.31. The van der Waals surface area contributed by atoms with Gasteiger partial charge in [0.2, 0.25) is 0 Å². The molecule has 0 atom stereocenters. The van der Waals surface area contributed by atoms with Crippen LogP contribution in [0.2, 0.25) is 0 Å². The summed E-state index contributed by atoms with van der Waals surface area (Å²) in [4.78, 5) is 0. The molecule has 0 N–H and O–H groups in total. The van der Waals surface area contributed by atoms with Crippen LogP contribution < -0.4 is 0 Å². The molecular formula is C13H17F. The van der Waals surface area contributed by atoms with Crippen LogP contribution in [0, 0.1) is 0 Å². The Labute approximate surface area is 85.1 Å². The molecule has 0 heterocycles. The standard InChI is InChI=1S/C13H17F/c14-10-11-6-8-13(9-7-11)12-4-2-1-3-5-12/h6-9,12H,1-5,10H2. The number of halogens is 1. The second-order valence-electron chi connectivity index (χ2n) is 4.21. The Morgan fingerprint density at radius 1 is 1.00 bits per heavy atom. The first-order valence-electron chi connectivity index (χ1n) is 5.55. The number of hydrogen-bond acceptors (Lipinski definition) is 0. The van der Waals surface area contributed by atoms with Gasteiger partial charge in [-0.25, -0.2) is 4.39 Å². The fourth-order valence-corrected chi connectivity index (χ4v) is 2.31. The van der Waals surface area contributed by atoms with Crippen molar-refractivity contribution in [3.05, 3.63) is 35.4 Å². The van der Waals surface area contributed by atoms with E-state index in [1.165, 1.54) is 37.7 Å². The monoisotopic (exact) mass is 192 g/mol. The molecule has 76 valence electrons. The number of hydrogen-bond donors (Lipinski definition) is 0. The predicted octanol–water partition coefficient (Wildman–Crippen LogP) is 4.20. The molecule has 0 amide bonds. The molecule has 14 heavy (non-hydrogen) atoms. The van der Waals surface area contributed by atoms with Gasteiger partial charge in [-0.3, -0.25) is 0 Å². The van der Waals surface area contributed by atoms with E-state index in [1.54, 1.807) is 0 Å². The molecule has 1 aromatic rings. The Morgan fingerprint density at radius 2 is 1.64 bits per heavy atom. The van der Waals surface area contributed by atoms with Gasteiger partial charge in [0.1, 0.15) is 6.67 Å². The molecule has 1 fully saturated rings. The molecule has 1 aromatic carbocycles. The molecule has 0 nitrogen and oxygen atoms in total. The van der Waals surface area contributed by atoms with Crippen molar-refractivity contribution < 1.29 is 4.39 Å². The van der Waals surface area contributed by atoms with E-state index in [9.17, 15) is 4.39 Å². The van der Waals surface area contributed by atoms with E-state index >= 15 is 0 Å². The maximum absolute atomic E-state index is 12.3. The number of alkyl halides is 1. The minimum Gasteiger partial charge on any atom is -0.246 e. The summed E-state index contributed by atoms with van der Waals surface area (Å²) in [6.07, 6.45) is 6.73. The van der Waals surface area contributed by atoms with Gasteiger partial charge in [-0.05, 0) is 29.9 Å². The first kappa shape index (κ1) is 9.70. The molecule has 1 aliphatic rings. The maximum Gasteiger partial charge on any atom is 0.115 e. The Hall–Kier alpha value is -0.850. The third-order valence-electron chi connectivity index (χ3n) is 3.21. The van der Waals surface area contributed by atoms with Crippen LogP contribution in [0.3, 0.4) is 0 Å². The van der Waals surface area contributed by atoms with Gasteiger partial charge in [0, 0.05) is 0 Å². The molecule has 1 aliphatic carbocycles. The highest BCUT2D eigenvalue weighted by atomic mass is 19.1. The molecule has 1 saturated carbocycles. The fraction of sp³-hybridized carbons (Fsp3) is 0.538. The van der Waals surface area contributed by atoms with Crippen molar-refractivity contribution >= 4 is 0 Å². The highest BCUT2D eigenvalue weighted by Gasteiger charge is 2.14. The largest absolute Gasteiger partial charge is 0.246 e. The molecule has 0 aliphatic heterocycles. The molecule has 0 bridgehead atoms. The van der Waals surface area contributed by atoms with Gasteiger partial charge in [-0.15, -0.1) is 0 Å². The van der Waals surface area contributed by atoms with Crippen LogP contribution in [0.25, 0.3) is 0 Å². The Kier molecular flexibility index (Phi) is 3.18. The summed E-state index contributed by atoms with van der Waals surface area (Å²) >= 11 is 0. The van der Waals surface area contributed by atoms with Gasteiger partial charge in [-0.1, -0.05) is 43.5 Å².